The van der Waals surface area contributed by atoms with E-state index in [-0.39, 0.29) is 17.4 Å². The molecule has 1 aliphatic carbocycles. The van der Waals surface area contributed by atoms with Crippen molar-refractivity contribution in [1.82, 2.24) is 5.32 Å². The molecule has 1 amide bonds. The topological polar surface area (TPSA) is 38.3 Å². The molecular formula is C22H27NO2. The molecule has 0 bridgehead atoms. The van der Waals surface area contributed by atoms with E-state index in [2.05, 4.69) is 24.4 Å². The number of benzene rings is 2. The zero-order valence-corrected chi connectivity index (χ0v) is 15.1. The van der Waals surface area contributed by atoms with Gasteiger partial charge < -0.3 is 10.1 Å². The first-order chi connectivity index (χ1) is 12.2. The lowest BCUT2D eigenvalue weighted by atomic mass is 9.77. The van der Waals surface area contributed by atoms with Crippen molar-refractivity contribution < 1.29 is 9.53 Å². The molecule has 0 heterocycles. The molecule has 1 N–H and O–H groups in total. The molecule has 1 aliphatic rings. The third-order valence-corrected chi connectivity index (χ3v) is 5.45. The van der Waals surface area contributed by atoms with Gasteiger partial charge in [0.15, 0.2) is 0 Å². The molecule has 132 valence electrons. The Morgan fingerprint density at radius 2 is 1.72 bits per heavy atom. The lowest BCUT2D eigenvalue weighted by Gasteiger charge is -2.31. The molecule has 0 aromatic heterocycles. The first kappa shape index (κ1) is 17.5. The van der Waals surface area contributed by atoms with Crippen LogP contribution in [0.25, 0.3) is 0 Å². The second-order valence-electron chi connectivity index (χ2n) is 6.86. The van der Waals surface area contributed by atoms with E-state index >= 15 is 0 Å². The monoisotopic (exact) mass is 337 g/mol. The number of amides is 1. The maximum absolute atomic E-state index is 13.3. The number of nitrogens with one attached hydrogen (secondary N) is 1. The highest BCUT2D eigenvalue weighted by atomic mass is 16.5. The molecule has 1 atom stereocenters. The van der Waals surface area contributed by atoms with Crippen LogP contribution in [0.15, 0.2) is 54.6 Å². The Labute approximate surface area is 150 Å². The van der Waals surface area contributed by atoms with Gasteiger partial charge in [0.2, 0.25) is 5.91 Å². The highest BCUT2D eigenvalue weighted by Crippen LogP contribution is 2.41. The van der Waals surface area contributed by atoms with Gasteiger partial charge >= 0.3 is 0 Å². The van der Waals surface area contributed by atoms with E-state index in [1.807, 2.05) is 42.5 Å². The Hall–Kier alpha value is -2.29. The number of carbonyl (C=O) groups excluding carboxylic acids is 1. The maximum Gasteiger partial charge on any atom is 0.231 e. The van der Waals surface area contributed by atoms with Crippen molar-refractivity contribution in [1.29, 1.82) is 0 Å². The fraction of sp³-hybridized carbons (Fsp3) is 0.409. The second-order valence-corrected chi connectivity index (χ2v) is 6.86. The average Bonchev–Trinajstić information content (AvgIpc) is 3.18. The first-order valence-electron chi connectivity index (χ1n) is 9.20. The minimum absolute atomic E-state index is 0.0274. The Kier molecular flexibility index (Phi) is 5.42. The van der Waals surface area contributed by atoms with Gasteiger partial charge in [-0.05, 0) is 42.5 Å². The Balaban J connectivity index is 1.82. The maximum atomic E-state index is 13.3. The van der Waals surface area contributed by atoms with Gasteiger partial charge in [0.1, 0.15) is 5.75 Å². The Morgan fingerprint density at radius 3 is 2.28 bits per heavy atom. The van der Waals surface area contributed by atoms with Gasteiger partial charge in [0.05, 0.1) is 18.6 Å². The van der Waals surface area contributed by atoms with Crippen LogP contribution in [0.4, 0.5) is 0 Å². The number of methoxy groups -OCH3 is 1. The molecule has 3 nitrogen and oxygen atoms in total. The van der Waals surface area contributed by atoms with Crippen molar-refractivity contribution in [2.45, 2.75) is 50.5 Å². The minimum Gasteiger partial charge on any atom is -0.497 e. The van der Waals surface area contributed by atoms with Crippen LogP contribution in [0.3, 0.4) is 0 Å². The predicted molar refractivity (Wildman–Crippen MR) is 101 cm³/mol. The summed E-state index contributed by atoms with van der Waals surface area (Å²) in [4.78, 5) is 13.3. The first-order valence-corrected chi connectivity index (χ1v) is 9.20. The van der Waals surface area contributed by atoms with Crippen LogP contribution in [-0.4, -0.2) is 13.0 Å². The normalized spacial score (nSPS) is 17.0. The summed E-state index contributed by atoms with van der Waals surface area (Å²) in [6.45, 7) is 2.11. The van der Waals surface area contributed by atoms with Gasteiger partial charge in [-0.1, -0.05) is 62.2 Å². The van der Waals surface area contributed by atoms with Crippen molar-refractivity contribution in [2.75, 3.05) is 7.11 Å². The zero-order valence-electron chi connectivity index (χ0n) is 15.1. The van der Waals surface area contributed by atoms with Crippen molar-refractivity contribution >= 4 is 5.91 Å². The highest BCUT2D eigenvalue weighted by Gasteiger charge is 2.43. The summed E-state index contributed by atoms with van der Waals surface area (Å²) in [6, 6.07) is 18.3. The van der Waals surface area contributed by atoms with Gasteiger partial charge in [-0.15, -0.1) is 0 Å². The third-order valence-electron chi connectivity index (χ3n) is 5.45. The van der Waals surface area contributed by atoms with Gasteiger partial charge in [-0.3, -0.25) is 4.79 Å². The highest BCUT2D eigenvalue weighted by molar-refractivity contribution is 5.89. The van der Waals surface area contributed by atoms with Gasteiger partial charge in [0.25, 0.3) is 0 Å². The largest absolute Gasteiger partial charge is 0.497 e. The van der Waals surface area contributed by atoms with Crippen molar-refractivity contribution in [3.63, 3.8) is 0 Å². The lowest BCUT2D eigenvalue weighted by molar-refractivity contribution is -0.127. The molecule has 0 aliphatic heterocycles. The van der Waals surface area contributed by atoms with E-state index in [9.17, 15) is 4.79 Å². The Morgan fingerprint density at radius 1 is 1.08 bits per heavy atom. The van der Waals surface area contributed by atoms with Gasteiger partial charge in [-0.2, -0.15) is 0 Å². The van der Waals surface area contributed by atoms with Crippen LogP contribution in [0.2, 0.25) is 0 Å². The summed E-state index contributed by atoms with van der Waals surface area (Å²) in [5.74, 6) is 1.00. The standard InChI is InChI=1S/C22H27NO2/c1-3-20(17-11-13-19(25-2)14-12-17)23-21(24)22(15-7-8-16-22)18-9-5-4-6-10-18/h4-6,9-14,20H,3,7-8,15-16H2,1-2H3,(H,23,24). The van der Waals surface area contributed by atoms with Crippen LogP contribution in [0.1, 0.15) is 56.2 Å². The fourth-order valence-electron chi connectivity index (χ4n) is 3.94. The minimum atomic E-state index is -0.374. The van der Waals surface area contributed by atoms with Crippen LogP contribution in [0, 0.1) is 0 Å². The fourth-order valence-corrected chi connectivity index (χ4v) is 3.94. The molecule has 2 aromatic carbocycles. The molecule has 0 spiro atoms. The Bertz CT molecular complexity index is 688. The van der Waals surface area contributed by atoms with Crippen LogP contribution < -0.4 is 10.1 Å². The van der Waals surface area contributed by atoms with E-state index in [1.54, 1.807) is 7.11 Å². The summed E-state index contributed by atoms with van der Waals surface area (Å²) in [5.41, 5.74) is 1.90. The molecule has 1 unspecified atom stereocenters. The number of carbonyl (C=O) groups is 1. The summed E-state index contributed by atoms with van der Waals surface area (Å²) < 4.78 is 5.23. The third kappa shape index (κ3) is 3.55. The quantitative estimate of drug-likeness (QED) is 0.824. The lowest BCUT2D eigenvalue weighted by Crippen LogP contribution is -2.44. The van der Waals surface area contributed by atoms with E-state index in [0.717, 1.165) is 49.0 Å². The summed E-state index contributed by atoms with van der Waals surface area (Å²) in [5, 5.41) is 3.32. The van der Waals surface area contributed by atoms with E-state index in [4.69, 9.17) is 4.74 Å². The molecule has 1 fully saturated rings. The van der Waals surface area contributed by atoms with Gasteiger partial charge in [0, 0.05) is 0 Å². The zero-order chi connectivity index (χ0) is 17.7. The summed E-state index contributed by atoms with van der Waals surface area (Å²) in [6.07, 6.45) is 4.95. The molecule has 0 saturated heterocycles. The molecule has 2 aromatic rings. The SMILES string of the molecule is CCC(NC(=O)C1(c2ccccc2)CCCC1)c1ccc(OC)cc1. The van der Waals surface area contributed by atoms with E-state index in [0.29, 0.717) is 0 Å². The molecule has 1 saturated carbocycles. The molecule has 25 heavy (non-hydrogen) atoms. The number of hydrogen-bond acceptors (Lipinski definition) is 2. The van der Waals surface area contributed by atoms with Gasteiger partial charge in [-0.25, -0.2) is 0 Å². The number of hydrogen-bond donors (Lipinski definition) is 1. The van der Waals surface area contributed by atoms with Crippen LogP contribution in [0.5, 0.6) is 5.75 Å². The molecular weight excluding hydrogens is 310 g/mol. The predicted octanol–water partition coefficient (Wildman–Crippen LogP) is 4.77. The van der Waals surface area contributed by atoms with Crippen molar-refractivity contribution in [3.05, 3.63) is 65.7 Å². The summed E-state index contributed by atoms with van der Waals surface area (Å²) in [7, 11) is 1.66. The average molecular weight is 337 g/mol. The molecule has 0 radical (unpaired) electrons. The smallest absolute Gasteiger partial charge is 0.231 e. The number of ether oxygens (including phenoxy) is 1. The van der Waals surface area contributed by atoms with Crippen LogP contribution in [-0.2, 0) is 10.2 Å². The van der Waals surface area contributed by atoms with Crippen molar-refractivity contribution in [3.8, 4) is 5.75 Å². The summed E-state index contributed by atoms with van der Waals surface area (Å²) >= 11 is 0. The molecule has 3 rings (SSSR count). The van der Waals surface area contributed by atoms with Crippen LogP contribution >= 0.6 is 0 Å². The number of rotatable bonds is 6. The van der Waals surface area contributed by atoms with Crippen molar-refractivity contribution in [2.24, 2.45) is 0 Å². The van der Waals surface area contributed by atoms with E-state index in [1.165, 1.54) is 0 Å². The second kappa shape index (κ2) is 7.73. The molecule has 3 heteroatoms. The van der Waals surface area contributed by atoms with E-state index < -0.39 is 0 Å².